The van der Waals surface area contributed by atoms with E-state index in [9.17, 15) is 19.5 Å². The Hall–Kier alpha value is -2.15. The molecule has 1 fully saturated rings. The Kier molecular flexibility index (Phi) is 2.63. The third-order valence-electron chi connectivity index (χ3n) is 3.43. The van der Waals surface area contributed by atoms with E-state index in [-0.39, 0.29) is 11.3 Å². The van der Waals surface area contributed by atoms with Crippen molar-refractivity contribution in [3.05, 3.63) is 27.7 Å². The van der Waals surface area contributed by atoms with E-state index in [0.717, 1.165) is 6.42 Å². The molecule has 1 unspecified atom stereocenters. The first kappa shape index (κ1) is 11.9. The molecule has 0 aromatic carbocycles. The Labute approximate surface area is 108 Å². The van der Waals surface area contributed by atoms with Gasteiger partial charge < -0.3 is 19.3 Å². The highest BCUT2D eigenvalue weighted by molar-refractivity contribution is 5.96. The van der Waals surface area contributed by atoms with Crippen molar-refractivity contribution >= 4 is 12.2 Å². The molecule has 3 heterocycles. The maximum atomic E-state index is 12.3. The molecule has 7 heteroatoms. The predicted octanol–water partition coefficient (Wildman–Crippen LogP) is -0.431. The first-order valence-electron chi connectivity index (χ1n) is 5.97. The van der Waals surface area contributed by atoms with Crippen LogP contribution in [-0.4, -0.2) is 46.1 Å². The van der Waals surface area contributed by atoms with Crippen molar-refractivity contribution in [2.45, 2.75) is 19.2 Å². The maximum Gasteiger partial charge on any atom is 0.276 e. The van der Waals surface area contributed by atoms with Crippen LogP contribution in [0.2, 0.25) is 0 Å². The van der Waals surface area contributed by atoms with Crippen LogP contribution in [0.15, 0.2) is 11.0 Å². The minimum absolute atomic E-state index is 0.0719. The second-order valence-corrected chi connectivity index (χ2v) is 4.56. The van der Waals surface area contributed by atoms with Gasteiger partial charge in [-0.25, -0.2) is 0 Å². The molecular weight excluding hydrogens is 252 g/mol. The molecule has 0 radical (unpaired) electrons. The van der Waals surface area contributed by atoms with Crippen LogP contribution in [0.5, 0.6) is 5.75 Å². The van der Waals surface area contributed by atoms with Gasteiger partial charge in [0.1, 0.15) is 0 Å². The molecule has 1 N–H and O–H groups in total. The van der Waals surface area contributed by atoms with Crippen LogP contribution in [0.3, 0.4) is 0 Å². The fraction of sp³-hybridized carbons (Fsp3) is 0.417. The second-order valence-electron chi connectivity index (χ2n) is 4.56. The molecule has 1 aromatic rings. The Balaban J connectivity index is 2.17. The van der Waals surface area contributed by atoms with Crippen molar-refractivity contribution < 1.29 is 19.4 Å². The molecule has 19 heavy (non-hydrogen) atoms. The summed E-state index contributed by atoms with van der Waals surface area (Å²) in [4.78, 5) is 36.2. The van der Waals surface area contributed by atoms with Gasteiger partial charge in [0, 0.05) is 12.7 Å². The smallest absolute Gasteiger partial charge is 0.276 e. The lowest BCUT2D eigenvalue weighted by Crippen LogP contribution is -2.53. The SMILES string of the molecule is O=Cc1cn2c(c(O)c1=O)C(=O)N1CCCOC1C2. The van der Waals surface area contributed by atoms with Gasteiger partial charge in [0.15, 0.2) is 24.0 Å². The van der Waals surface area contributed by atoms with Crippen LogP contribution in [0.25, 0.3) is 0 Å². The molecule has 1 saturated heterocycles. The molecule has 2 aliphatic heterocycles. The quantitative estimate of drug-likeness (QED) is 0.695. The molecule has 0 saturated carbocycles. The van der Waals surface area contributed by atoms with E-state index in [1.165, 1.54) is 15.7 Å². The van der Waals surface area contributed by atoms with Crippen LogP contribution >= 0.6 is 0 Å². The van der Waals surface area contributed by atoms with Gasteiger partial charge in [0.2, 0.25) is 5.43 Å². The largest absolute Gasteiger partial charge is 0.503 e. The van der Waals surface area contributed by atoms with Crippen molar-refractivity contribution in [2.24, 2.45) is 0 Å². The zero-order valence-corrected chi connectivity index (χ0v) is 10.0. The first-order valence-corrected chi connectivity index (χ1v) is 5.97. The summed E-state index contributed by atoms with van der Waals surface area (Å²) in [5, 5.41) is 9.84. The molecule has 2 aliphatic rings. The van der Waals surface area contributed by atoms with Gasteiger partial charge in [-0.15, -0.1) is 0 Å². The number of carbonyl (C=O) groups excluding carboxylic acids is 2. The number of hydrogen-bond acceptors (Lipinski definition) is 5. The Morgan fingerprint density at radius 3 is 2.95 bits per heavy atom. The molecule has 1 atom stereocenters. The van der Waals surface area contributed by atoms with E-state index in [4.69, 9.17) is 4.74 Å². The third-order valence-corrected chi connectivity index (χ3v) is 3.43. The number of aromatic nitrogens is 1. The molecular formula is C12H12N2O5. The van der Waals surface area contributed by atoms with Crippen molar-refractivity contribution in [3.8, 4) is 5.75 Å². The van der Waals surface area contributed by atoms with Gasteiger partial charge in [-0.05, 0) is 6.42 Å². The standard InChI is InChI=1S/C12H12N2O5/c15-6-7-4-13-5-8-14(2-1-3-19-8)12(18)9(13)11(17)10(7)16/h4,6,8,17H,1-3,5H2. The van der Waals surface area contributed by atoms with Crippen LogP contribution in [0.1, 0.15) is 27.3 Å². The molecule has 1 amide bonds. The molecule has 0 spiro atoms. The number of aldehydes is 1. The van der Waals surface area contributed by atoms with E-state index in [0.29, 0.717) is 26.0 Å². The Morgan fingerprint density at radius 2 is 2.21 bits per heavy atom. The number of carbonyl (C=O) groups is 2. The van der Waals surface area contributed by atoms with Crippen molar-refractivity contribution in [3.63, 3.8) is 0 Å². The molecule has 0 aliphatic carbocycles. The van der Waals surface area contributed by atoms with Crippen molar-refractivity contribution in [1.29, 1.82) is 0 Å². The summed E-state index contributed by atoms with van der Waals surface area (Å²) < 4.78 is 6.90. The molecule has 1 aromatic heterocycles. The fourth-order valence-corrected chi connectivity index (χ4v) is 2.50. The van der Waals surface area contributed by atoms with Crippen molar-refractivity contribution in [2.75, 3.05) is 13.2 Å². The number of amides is 1. The Bertz CT molecular complexity index is 621. The van der Waals surface area contributed by atoms with E-state index in [2.05, 4.69) is 0 Å². The normalized spacial score (nSPS) is 21.8. The highest BCUT2D eigenvalue weighted by Gasteiger charge is 2.37. The summed E-state index contributed by atoms with van der Waals surface area (Å²) in [5.74, 6) is -1.11. The summed E-state index contributed by atoms with van der Waals surface area (Å²) in [7, 11) is 0. The topological polar surface area (TPSA) is 88.8 Å². The average Bonchev–Trinajstić information content (AvgIpc) is 2.42. The third kappa shape index (κ3) is 1.66. The summed E-state index contributed by atoms with van der Waals surface area (Å²) in [5.41, 5.74) is -1.05. The number of aromatic hydroxyl groups is 1. The number of pyridine rings is 1. The van der Waals surface area contributed by atoms with Gasteiger partial charge in [-0.3, -0.25) is 14.4 Å². The highest BCUT2D eigenvalue weighted by atomic mass is 16.5. The van der Waals surface area contributed by atoms with E-state index >= 15 is 0 Å². The van der Waals surface area contributed by atoms with Gasteiger partial charge in [0.25, 0.3) is 5.91 Å². The summed E-state index contributed by atoms with van der Waals surface area (Å²) >= 11 is 0. The maximum absolute atomic E-state index is 12.3. The van der Waals surface area contributed by atoms with Crippen molar-refractivity contribution in [1.82, 2.24) is 9.47 Å². The minimum Gasteiger partial charge on any atom is -0.503 e. The predicted molar refractivity (Wildman–Crippen MR) is 63.1 cm³/mol. The molecule has 7 nitrogen and oxygen atoms in total. The fourth-order valence-electron chi connectivity index (χ4n) is 2.50. The lowest BCUT2D eigenvalue weighted by molar-refractivity contribution is -0.0919. The summed E-state index contributed by atoms with van der Waals surface area (Å²) in [6, 6.07) is 0. The van der Waals surface area contributed by atoms with Gasteiger partial charge in [-0.2, -0.15) is 0 Å². The zero-order chi connectivity index (χ0) is 13.6. The summed E-state index contributed by atoms with van der Waals surface area (Å²) in [6.45, 7) is 1.40. The Morgan fingerprint density at radius 1 is 1.42 bits per heavy atom. The van der Waals surface area contributed by atoms with Crippen LogP contribution in [0.4, 0.5) is 0 Å². The van der Waals surface area contributed by atoms with Gasteiger partial charge >= 0.3 is 0 Å². The monoisotopic (exact) mass is 264 g/mol. The highest BCUT2D eigenvalue weighted by Crippen LogP contribution is 2.25. The second kappa shape index (κ2) is 4.20. The van der Waals surface area contributed by atoms with Crippen LogP contribution in [0, 0.1) is 0 Å². The number of fused-ring (bicyclic) bond motifs is 2. The lowest BCUT2D eigenvalue weighted by atomic mass is 10.1. The van der Waals surface area contributed by atoms with E-state index in [1.54, 1.807) is 0 Å². The molecule has 3 rings (SSSR count). The van der Waals surface area contributed by atoms with Crippen LogP contribution < -0.4 is 5.43 Å². The minimum atomic E-state index is -0.814. The van der Waals surface area contributed by atoms with E-state index < -0.39 is 23.3 Å². The summed E-state index contributed by atoms with van der Waals surface area (Å²) in [6.07, 6.45) is 1.97. The molecule has 0 bridgehead atoms. The van der Waals surface area contributed by atoms with Crippen LogP contribution in [-0.2, 0) is 11.3 Å². The number of hydrogen-bond donors (Lipinski definition) is 1. The number of ether oxygens (including phenoxy) is 1. The average molecular weight is 264 g/mol. The number of nitrogens with zero attached hydrogens (tertiary/aromatic N) is 2. The van der Waals surface area contributed by atoms with Gasteiger partial charge in [-0.1, -0.05) is 0 Å². The number of rotatable bonds is 1. The zero-order valence-electron chi connectivity index (χ0n) is 10.0. The molecule has 100 valence electrons. The first-order chi connectivity index (χ1) is 9.13. The lowest BCUT2D eigenvalue weighted by Gasteiger charge is -2.40. The van der Waals surface area contributed by atoms with Gasteiger partial charge in [0.05, 0.1) is 18.7 Å². The van der Waals surface area contributed by atoms with E-state index in [1.807, 2.05) is 0 Å².